The van der Waals surface area contributed by atoms with Crippen LogP contribution in [0.25, 0.3) is 0 Å². The van der Waals surface area contributed by atoms with Crippen molar-refractivity contribution in [3.8, 4) is 0 Å². The molecule has 2 atom stereocenters. The summed E-state index contributed by atoms with van der Waals surface area (Å²) in [5.74, 6) is 1.45. The molecule has 150 valence electrons. The molecule has 1 saturated heterocycles. The molecular weight excluding hydrogens is 360 g/mol. The predicted octanol–water partition coefficient (Wildman–Crippen LogP) is 3.25. The molecule has 1 heterocycles. The second kappa shape index (κ2) is 9.76. The quantitative estimate of drug-likeness (QED) is 0.552. The van der Waals surface area contributed by atoms with Crippen LogP contribution in [0.1, 0.15) is 44.6 Å². The molecule has 2 aliphatic rings. The van der Waals surface area contributed by atoms with E-state index in [9.17, 15) is 0 Å². The number of guanidine groups is 1. The lowest BCUT2D eigenvalue weighted by molar-refractivity contribution is 0.0532. The summed E-state index contributed by atoms with van der Waals surface area (Å²) in [7, 11) is 1.85. The van der Waals surface area contributed by atoms with Crippen LogP contribution in [0, 0.1) is 0 Å². The summed E-state index contributed by atoms with van der Waals surface area (Å²) >= 11 is 6.12. The topological polar surface area (TPSA) is 48.9 Å². The lowest BCUT2D eigenvalue weighted by atomic mass is 10.1. The van der Waals surface area contributed by atoms with Crippen molar-refractivity contribution in [2.24, 2.45) is 4.99 Å². The summed E-state index contributed by atoms with van der Waals surface area (Å²) < 4.78 is 5.66. The Hall–Kier alpha value is -1.30. The molecule has 6 heteroatoms. The zero-order valence-electron chi connectivity index (χ0n) is 16.7. The first-order valence-electron chi connectivity index (χ1n) is 10.1. The molecule has 1 aliphatic carbocycles. The summed E-state index contributed by atoms with van der Waals surface area (Å²) in [6.45, 7) is 8.26. The van der Waals surface area contributed by atoms with Gasteiger partial charge in [0.15, 0.2) is 5.96 Å². The average molecular weight is 393 g/mol. The lowest BCUT2D eigenvalue weighted by Crippen LogP contribution is -2.49. The number of nitrogens with one attached hydrogen (secondary N) is 2. The number of hydrogen-bond acceptors (Lipinski definition) is 3. The Bertz CT molecular complexity index is 628. The summed E-state index contributed by atoms with van der Waals surface area (Å²) in [5.41, 5.74) is 1.31. The van der Waals surface area contributed by atoms with E-state index >= 15 is 0 Å². The Morgan fingerprint density at radius 2 is 2.07 bits per heavy atom. The highest BCUT2D eigenvalue weighted by molar-refractivity contribution is 6.30. The molecule has 0 radical (unpaired) electrons. The number of nitrogens with zero attached hydrogens (tertiary/aromatic N) is 2. The van der Waals surface area contributed by atoms with Gasteiger partial charge >= 0.3 is 0 Å². The maximum Gasteiger partial charge on any atom is 0.191 e. The standard InChI is InChI=1S/C21H33ClN4O/c1-15(2)27-12-11-26-9-7-18(8-10-26)24-21(23-3)25-20-14-19(20)16-5-4-6-17(22)13-16/h4-6,13,15,18-20H,7-12,14H2,1-3H3,(H2,23,24,25). The summed E-state index contributed by atoms with van der Waals surface area (Å²) in [6, 6.07) is 9.12. The van der Waals surface area contributed by atoms with Crippen LogP contribution < -0.4 is 10.6 Å². The molecule has 2 unspecified atom stereocenters. The van der Waals surface area contributed by atoms with E-state index in [1.54, 1.807) is 0 Å². The number of piperidine rings is 1. The van der Waals surface area contributed by atoms with Crippen LogP contribution >= 0.6 is 11.6 Å². The Morgan fingerprint density at radius 1 is 1.30 bits per heavy atom. The van der Waals surface area contributed by atoms with Crippen LogP contribution in [0.15, 0.2) is 29.3 Å². The molecule has 27 heavy (non-hydrogen) atoms. The van der Waals surface area contributed by atoms with Crippen LogP contribution in [0.2, 0.25) is 5.02 Å². The third-order valence-corrected chi connectivity index (χ3v) is 5.64. The average Bonchev–Trinajstić information content (AvgIpc) is 3.41. The van der Waals surface area contributed by atoms with Crippen molar-refractivity contribution in [3.05, 3.63) is 34.9 Å². The predicted molar refractivity (Wildman–Crippen MR) is 113 cm³/mol. The number of aliphatic imine (C=N–C) groups is 1. The maximum absolute atomic E-state index is 6.12. The fourth-order valence-corrected chi connectivity index (χ4v) is 3.92. The Kier molecular flexibility index (Phi) is 7.39. The zero-order valence-corrected chi connectivity index (χ0v) is 17.5. The zero-order chi connectivity index (χ0) is 19.2. The van der Waals surface area contributed by atoms with Gasteiger partial charge in [-0.05, 0) is 50.8 Å². The van der Waals surface area contributed by atoms with Gasteiger partial charge in [-0.1, -0.05) is 23.7 Å². The first-order chi connectivity index (χ1) is 13.0. The van der Waals surface area contributed by atoms with E-state index in [0.29, 0.717) is 24.1 Å². The van der Waals surface area contributed by atoms with E-state index in [1.165, 1.54) is 5.56 Å². The van der Waals surface area contributed by atoms with Gasteiger partial charge in [0.1, 0.15) is 0 Å². The van der Waals surface area contributed by atoms with Crippen molar-refractivity contribution >= 4 is 17.6 Å². The number of likely N-dealkylation sites (tertiary alicyclic amines) is 1. The third-order valence-electron chi connectivity index (χ3n) is 5.40. The molecule has 0 aromatic heterocycles. The first-order valence-corrected chi connectivity index (χ1v) is 10.5. The second-order valence-corrected chi connectivity index (χ2v) is 8.34. The van der Waals surface area contributed by atoms with Gasteiger partial charge in [-0.2, -0.15) is 0 Å². The van der Waals surface area contributed by atoms with Crippen molar-refractivity contribution in [3.63, 3.8) is 0 Å². The molecule has 3 rings (SSSR count). The Morgan fingerprint density at radius 3 is 2.74 bits per heavy atom. The van der Waals surface area contributed by atoms with E-state index < -0.39 is 0 Å². The van der Waals surface area contributed by atoms with Gasteiger partial charge in [0.05, 0.1) is 12.7 Å². The monoisotopic (exact) mass is 392 g/mol. The summed E-state index contributed by atoms with van der Waals surface area (Å²) in [4.78, 5) is 6.92. The van der Waals surface area contributed by atoms with E-state index in [4.69, 9.17) is 16.3 Å². The number of halogens is 1. The summed E-state index contributed by atoms with van der Waals surface area (Å²) in [5, 5.41) is 8.00. The van der Waals surface area contributed by atoms with Crippen molar-refractivity contribution in [2.45, 2.75) is 57.2 Å². The number of hydrogen-bond donors (Lipinski definition) is 2. The van der Waals surface area contributed by atoms with Crippen LogP contribution in [-0.2, 0) is 4.74 Å². The molecule has 1 saturated carbocycles. The van der Waals surface area contributed by atoms with Gasteiger partial charge in [-0.3, -0.25) is 4.99 Å². The number of rotatable bonds is 7. The third kappa shape index (κ3) is 6.37. The molecule has 2 fully saturated rings. The molecule has 1 aromatic carbocycles. The lowest BCUT2D eigenvalue weighted by Gasteiger charge is -2.33. The molecule has 0 bridgehead atoms. The highest BCUT2D eigenvalue weighted by atomic mass is 35.5. The smallest absolute Gasteiger partial charge is 0.191 e. The van der Waals surface area contributed by atoms with Crippen molar-refractivity contribution in [1.29, 1.82) is 0 Å². The highest BCUT2D eigenvalue weighted by Crippen LogP contribution is 2.41. The van der Waals surface area contributed by atoms with Crippen LogP contribution in [0.4, 0.5) is 0 Å². The van der Waals surface area contributed by atoms with Crippen molar-refractivity contribution < 1.29 is 4.74 Å². The van der Waals surface area contributed by atoms with Crippen LogP contribution in [0.3, 0.4) is 0 Å². The highest BCUT2D eigenvalue weighted by Gasteiger charge is 2.39. The van der Waals surface area contributed by atoms with Gasteiger partial charge in [0.25, 0.3) is 0 Å². The minimum Gasteiger partial charge on any atom is -0.377 e. The molecular formula is C21H33ClN4O. The van der Waals surface area contributed by atoms with Crippen molar-refractivity contribution in [1.82, 2.24) is 15.5 Å². The maximum atomic E-state index is 6.12. The second-order valence-electron chi connectivity index (χ2n) is 7.90. The van der Waals surface area contributed by atoms with Crippen LogP contribution in [-0.4, -0.2) is 62.3 Å². The first kappa shape index (κ1) is 20.4. The minimum atomic E-state index is 0.316. The summed E-state index contributed by atoms with van der Waals surface area (Å²) in [6.07, 6.45) is 3.74. The Labute approximate surface area is 168 Å². The van der Waals surface area contributed by atoms with E-state index in [0.717, 1.165) is 56.5 Å². The van der Waals surface area contributed by atoms with E-state index in [-0.39, 0.29) is 0 Å². The van der Waals surface area contributed by atoms with Crippen LogP contribution in [0.5, 0.6) is 0 Å². The minimum absolute atomic E-state index is 0.316. The van der Waals surface area contributed by atoms with Gasteiger partial charge in [-0.25, -0.2) is 0 Å². The molecule has 1 aromatic rings. The van der Waals surface area contributed by atoms with Gasteiger partial charge < -0.3 is 20.3 Å². The molecule has 0 amide bonds. The Balaban J connectivity index is 1.38. The molecule has 1 aliphatic heterocycles. The van der Waals surface area contributed by atoms with Crippen molar-refractivity contribution in [2.75, 3.05) is 33.3 Å². The van der Waals surface area contributed by atoms with E-state index in [2.05, 4.69) is 46.5 Å². The van der Waals surface area contributed by atoms with Gasteiger partial charge in [0.2, 0.25) is 0 Å². The van der Waals surface area contributed by atoms with E-state index in [1.807, 2.05) is 19.2 Å². The van der Waals surface area contributed by atoms with Gasteiger partial charge in [-0.15, -0.1) is 0 Å². The molecule has 0 spiro atoms. The fraction of sp³-hybridized carbons (Fsp3) is 0.667. The van der Waals surface area contributed by atoms with Gasteiger partial charge in [0, 0.05) is 49.7 Å². The fourth-order valence-electron chi connectivity index (χ4n) is 3.72. The SMILES string of the molecule is CN=C(NC1CCN(CCOC(C)C)CC1)NC1CC1c1cccc(Cl)c1. The molecule has 5 nitrogen and oxygen atoms in total. The molecule has 2 N–H and O–H groups in total. The number of ether oxygens (including phenoxy) is 1. The normalized spacial score (nSPS) is 24.3. The largest absolute Gasteiger partial charge is 0.377 e. The number of benzene rings is 1.